The van der Waals surface area contributed by atoms with E-state index >= 15 is 0 Å². The summed E-state index contributed by atoms with van der Waals surface area (Å²) in [6.07, 6.45) is 2.07. The van der Waals surface area contributed by atoms with Gasteiger partial charge in [-0.2, -0.15) is 0 Å². The lowest BCUT2D eigenvalue weighted by Crippen LogP contribution is -2.38. The molecule has 1 fully saturated rings. The fraction of sp³-hybridized carbons (Fsp3) is 0.600. The number of aliphatic hydroxyl groups excluding tert-OH is 1. The third-order valence-electron chi connectivity index (χ3n) is 4.11. The topological polar surface area (TPSA) is 69.6 Å². The number of nitrogens with zero attached hydrogens (tertiary/aromatic N) is 1. The van der Waals surface area contributed by atoms with Gasteiger partial charge in [0, 0.05) is 6.54 Å². The number of sulfonamides is 1. The molecule has 0 radical (unpaired) electrons. The van der Waals surface area contributed by atoms with Crippen LogP contribution < -0.4 is 4.72 Å². The van der Waals surface area contributed by atoms with Gasteiger partial charge in [-0.3, -0.25) is 0 Å². The Balaban J connectivity index is 1.92. The van der Waals surface area contributed by atoms with Gasteiger partial charge in [0.25, 0.3) is 0 Å². The molecule has 0 aliphatic carbocycles. The van der Waals surface area contributed by atoms with Gasteiger partial charge in [0.2, 0.25) is 10.0 Å². The second kappa shape index (κ2) is 7.35. The van der Waals surface area contributed by atoms with Crippen molar-refractivity contribution in [2.45, 2.75) is 31.3 Å². The van der Waals surface area contributed by atoms with Crippen LogP contribution in [-0.2, 0) is 16.6 Å². The molecule has 2 rings (SSSR count). The molecule has 1 aromatic rings. The maximum atomic E-state index is 12.3. The molecule has 0 spiro atoms. The minimum atomic E-state index is -3.49. The molecule has 5 nitrogen and oxygen atoms in total. The molecule has 6 heteroatoms. The van der Waals surface area contributed by atoms with Crippen LogP contribution in [0.4, 0.5) is 0 Å². The van der Waals surface area contributed by atoms with Gasteiger partial charge in [0.15, 0.2) is 0 Å². The van der Waals surface area contributed by atoms with Gasteiger partial charge in [0.1, 0.15) is 0 Å². The molecule has 1 heterocycles. The zero-order valence-electron chi connectivity index (χ0n) is 12.5. The number of likely N-dealkylation sites (tertiary alicyclic amines) is 1. The monoisotopic (exact) mass is 312 g/mol. The third-order valence-corrected chi connectivity index (χ3v) is 5.53. The molecule has 0 atom stereocenters. The standard InChI is InChI=1S/C15H24N2O3S/c1-2-17-8-6-13(7-9-17)11-16-21(19,20)15-5-3-4-14(10-15)12-18/h3-5,10,13,16,18H,2,6-9,11-12H2,1H3. The SMILES string of the molecule is CCN1CCC(CNS(=O)(=O)c2cccc(CO)c2)CC1. The summed E-state index contributed by atoms with van der Waals surface area (Å²) in [6.45, 7) is 5.64. The third kappa shape index (κ3) is 4.51. The molecule has 2 N–H and O–H groups in total. The molecular weight excluding hydrogens is 288 g/mol. The van der Waals surface area contributed by atoms with E-state index < -0.39 is 10.0 Å². The van der Waals surface area contributed by atoms with E-state index in [0.29, 0.717) is 18.0 Å². The summed E-state index contributed by atoms with van der Waals surface area (Å²) >= 11 is 0. The first-order valence-electron chi connectivity index (χ1n) is 7.47. The molecule has 21 heavy (non-hydrogen) atoms. The van der Waals surface area contributed by atoms with Gasteiger partial charge < -0.3 is 10.0 Å². The van der Waals surface area contributed by atoms with Crippen molar-refractivity contribution in [3.8, 4) is 0 Å². The highest BCUT2D eigenvalue weighted by Gasteiger charge is 2.21. The quantitative estimate of drug-likeness (QED) is 0.828. The predicted octanol–water partition coefficient (Wildman–Crippen LogP) is 1.19. The van der Waals surface area contributed by atoms with Crippen LogP contribution in [0.15, 0.2) is 29.2 Å². The highest BCUT2D eigenvalue weighted by molar-refractivity contribution is 7.89. The van der Waals surface area contributed by atoms with E-state index in [1.54, 1.807) is 18.2 Å². The van der Waals surface area contributed by atoms with Gasteiger partial charge >= 0.3 is 0 Å². The van der Waals surface area contributed by atoms with E-state index in [4.69, 9.17) is 5.11 Å². The Bertz CT molecular complexity index is 552. The minimum absolute atomic E-state index is 0.154. The summed E-state index contributed by atoms with van der Waals surface area (Å²) < 4.78 is 27.2. The number of nitrogens with one attached hydrogen (secondary N) is 1. The fourth-order valence-electron chi connectivity index (χ4n) is 2.63. The number of rotatable bonds is 6. The van der Waals surface area contributed by atoms with Crippen molar-refractivity contribution < 1.29 is 13.5 Å². The normalized spacial score (nSPS) is 18.0. The zero-order chi connectivity index (χ0) is 15.3. The number of hydrogen-bond acceptors (Lipinski definition) is 4. The van der Waals surface area contributed by atoms with Gasteiger partial charge in [0.05, 0.1) is 11.5 Å². The molecule has 0 bridgehead atoms. The first-order valence-corrected chi connectivity index (χ1v) is 8.95. The molecule has 1 aliphatic heterocycles. The van der Waals surface area contributed by atoms with Crippen molar-refractivity contribution in [3.05, 3.63) is 29.8 Å². The number of piperidine rings is 1. The molecular formula is C15H24N2O3S. The Morgan fingerprint density at radius 1 is 1.33 bits per heavy atom. The van der Waals surface area contributed by atoms with Crippen LogP contribution in [0, 0.1) is 5.92 Å². The lowest BCUT2D eigenvalue weighted by molar-refractivity contribution is 0.194. The van der Waals surface area contributed by atoms with E-state index in [9.17, 15) is 8.42 Å². The van der Waals surface area contributed by atoms with Crippen LogP contribution in [0.5, 0.6) is 0 Å². The van der Waals surface area contributed by atoms with Gasteiger partial charge in [-0.25, -0.2) is 13.1 Å². The zero-order valence-corrected chi connectivity index (χ0v) is 13.3. The van der Waals surface area contributed by atoms with Crippen molar-refractivity contribution in [3.63, 3.8) is 0 Å². The van der Waals surface area contributed by atoms with Crippen molar-refractivity contribution >= 4 is 10.0 Å². The van der Waals surface area contributed by atoms with Crippen molar-refractivity contribution in [1.29, 1.82) is 0 Å². The average Bonchev–Trinajstić information content (AvgIpc) is 2.53. The van der Waals surface area contributed by atoms with Crippen LogP contribution >= 0.6 is 0 Å². The summed E-state index contributed by atoms with van der Waals surface area (Å²) in [5.74, 6) is 0.406. The molecule has 0 saturated carbocycles. The van der Waals surface area contributed by atoms with E-state index in [0.717, 1.165) is 32.5 Å². The fourth-order valence-corrected chi connectivity index (χ4v) is 3.81. The Hall–Kier alpha value is -0.950. The highest BCUT2D eigenvalue weighted by Crippen LogP contribution is 2.17. The lowest BCUT2D eigenvalue weighted by atomic mass is 9.97. The number of benzene rings is 1. The minimum Gasteiger partial charge on any atom is -0.392 e. The molecule has 1 aromatic carbocycles. The van der Waals surface area contributed by atoms with Gasteiger partial charge in [-0.15, -0.1) is 0 Å². The van der Waals surface area contributed by atoms with E-state index in [2.05, 4.69) is 16.5 Å². The number of hydrogen-bond donors (Lipinski definition) is 2. The molecule has 0 unspecified atom stereocenters. The summed E-state index contributed by atoms with van der Waals surface area (Å²) in [5, 5.41) is 9.09. The maximum Gasteiger partial charge on any atom is 0.240 e. The Morgan fingerprint density at radius 3 is 2.67 bits per heavy atom. The van der Waals surface area contributed by atoms with Gasteiger partial charge in [-0.1, -0.05) is 19.1 Å². The molecule has 1 aliphatic rings. The largest absolute Gasteiger partial charge is 0.392 e. The highest BCUT2D eigenvalue weighted by atomic mass is 32.2. The predicted molar refractivity (Wildman–Crippen MR) is 82.4 cm³/mol. The van der Waals surface area contributed by atoms with Crippen molar-refractivity contribution in [2.24, 2.45) is 5.92 Å². The molecule has 118 valence electrons. The second-order valence-electron chi connectivity index (χ2n) is 5.54. The van der Waals surface area contributed by atoms with Crippen LogP contribution in [0.25, 0.3) is 0 Å². The Morgan fingerprint density at radius 2 is 2.05 bits per heavy atom. The maximum absolute atomic E-state index is 12.3. The first-order chi connectivity index (χ1) is 10.0. The number of aliphatic hydroxyl groups is 1. The Kier molecular flexibility index (Phi) is 5.75. The van der Waals surface area contributed by atoms with E-state index in [1.807, 2.05) is 0 Å². The molecule has 0 amide bonds. The van der Waals surface area contributed by atoms with E-state index in [-0.39, 0.29) is 11.5 Å². The second-order valence-corrected chi connectivity index (χ2v) is 7.30. The summed E-state index contributed by atoms with van der Waals surface area (Å²) in [5.41, 5.74) is 0.606. The van der Waals surface area contributed by atoms with Crippen LogP contribution in [0.3, 0.4) is 0 Å². The Labute approximate surface area is 127 Å². The summed E-state index contributed by atoms with van der Waals surface area (Å²) in [6, 6.07) is 6.43. The lowest BCUT2D eigenvalue weighted by Gasteiger charge is -2.30. The van der Waals surface area contributed by atoms with Crippen LogP contribution in [-0.4, -0.2) is 44.6 Å². The summed E-state index contributed by atoms with van der Waals surface area (Å²) in [4.78, 5) is 2.61. The van der Waals surface area contributed by atoms with Gasteiger partial charge in [-0.05, 0) is 56.1 Å². The van der Waals surface area contributed by atoms with Crippen molar-refractivity contribution in [2.75, 3.05) is 26.2 Å². The first kappa shape index (κ1) is 16.4. The molecule has 0 aromatic heterocycles. The average molecular weight is 312 g/mol. The van der Waals surface area contributed by atoms with Crippen LogP contribution in [0.1, 0.15) is 25.3 Å². The van der Waals surface area contributed by atoms with Crippen LogP contribution in [0.2, 0.25) is 0 Å². The van der Waals surface area contributed by atoms with E-state index in [1.165, 1.54) is 6.07 Å². The summed E-state index contributed by atoms with van der Waals surface area (Å²) in [7, 11) is -3.49. The smallest absolute Gasteiger partial charge is 0.240 e. The van der Waals surface area contributed by atoms with Crippen molar-refractivity contribution in [1.82, 2.24) is 9.62 Å². The molecule has 1 saturated heterocycles.